The molecule has 2 aliphatic rings. The molecule has 5 nitrogen and oxygen atoms in total. The average molecular weight is 305 g/mol. The van der Waals surface area contributed by atoms with E-state index in [1.54, 1.807) is 11.3 Å². The minimum absolute atomic E-state index is 0.0423. The predicted octanol–water partition coefficient (Wildman–Crippen LogP) is 2.65. The van der Waals surface area contributed by atoms with E-state index in [2.05, 4.69) is 31.9 Å². The molecule has 4 heterocycles. The highest BCUT2D eigenvalue weighted by molar-refractivity contribution is 7.07. The van der Waals surface area contributed by atoms with E-state index in [0.29, 0.717) is 24.2 Å². The Bertz CT molecular complexity index is 584. The molecule has 0 amide bonds. The zero-order chi connectivity index (χ0) is 14.1. The first-order chi connectivity index (χ1) is 10.4. The fourth-order valence-corrected chi connectivity index (χ4v) is 3.85. The molecule has 112 valence electrons. The van der Waals surface area contributed by atoms with Crippen molar-refractivity contribution in [3.8, 4) is 0 Å². The Morgan fingerprint density at radius 3 is 3.29 bits per heavy atom. The van der Waals surface area contributed by atoms with Crippen LogP contribution >= 0.6 is 11.3 Å². The zero-order valence-corrected chi connectivity index (χ0v) is 12.7. The van der Waals surface area contributed by atoms with E-state index < -0.39 is 0 Å². The molecule has 0 spiro atoms. The first-order valence-electron chi connectivity index (χ1n) is 7.58. The number of fused-ring (bicyclic) bond motifs is 1. The minimum Gasteiger partial charge on any atom is -0.367 e. The molecule has 2 aromatic rings. The van der Waals surface area contributed by atoms with Crippen molar-refractivity contribution in [1.29, 1.82) is 0 Å². The third-order valence-electron chi connectivity index (χ3n) is 4.35. The van der Waals surface area contributed by atoms with Crippen LogP contribution in [-0.4, -0.2) is 40.8 Å². The SMILES string of the molecule is c1cc(Cc2nc([C@H]3CN4CCCCC4CO3)no2)cs1. The van der Waals surface area contributed by atoms with Gasteiger partial charge in [-0.05, 0) is 41.8 Å². The third-order valence-corrected chi connectivity index (χ3v) is 5.08. The number of hydrogen-bond donors (Lipinski definition) is 0. The van der Waals surface area contributed by atoms with Gasteiger partial charge >= 0.3 is 0 Å². The molecule has 0 aliphatic carbocycles. The molecule has 2 aliphatic heterocycles. The lowest BCUT2D eigenvalue weighted by atomic mass is 10.0. The smallest absolute Gasteiger partial charge is 0.231 e. The van der Waals surface area contributed by atoms with Gasteiger partial charge in [-0.3, -0.25) is 4.90 Å². The molecule has 21 heavy (non-hydrogen) atoms. The minimum atomic E-state index is -0.0423. The first kappa shape index (κ1) is 13.4. The number of aromatic nitrogens is 2. The second kappa shape index (κ2) is 5.87. The van der Waals surface area contributed by atoms with Gasteiger partial charge < -0.3 is 9.26 Å². The monoisotopic (exact) mass is 305 g/mol. The zero-order valence-electron chi connectivity index (χ0n) is 11.9. The van der Waals surface area contributed by atoms with Crippen molar-refractivity contribution in [3.05, 3.63) is 34.1 Å². The van der Waals surface area contributed by atoms with E-state index in [9.17, 15) is 0 Å². The van der Waals surface area contributed by atoms with Crippen molar-refractivity contribution in [2.75, 3.05) is 19.7 Å². The molecular weight excluding hydrogens is 286 g/mol. The lowest BCUT2D eigenvalue weighted by Crippen LogP contribution is -2.49. The highest BCUT2D eigenvalue weighted by atomic mass is 32.1. The maximum Gasteiger partial charge on any atom is 0.231 e. The third kappa shape index (κ3) is 2.88. The van der Waals surface area contributed by atoms with Crippen molar-refractivity contribution in [3.63, 3.8) is 0 Å². The summed E-state index contributed by atoms with van der Waals surface area (Å²) >= 11 is 1.68. The van der Waals surface area contributed by atoms with Crippen LogP contribution in [0.2, 0.25) is 0 Å². The fraction of sp³-hybridized carbons (Fsp3) is 0.600. The van der Waals surface area contributed by atoms with Crippen LogP contribution in [-0.2, 0) is 11.2 Å². The number of morpholine rings is 1. The summed E-state index contributed by atoms with van der Waals surface area (Å²) in [6.07, 6.45) is 4.53. The standard InChI is InChI=1S/C15H19N3O2S/c1-2-5-18-8-13(19-9-12(18)3-1)15-16-14(20-17-15)7-11-4-6-21-10-11/h4,6,10,12-13H,1-3,5,7-9H2/t12?,13-/m1/s1. The van der Waals surface area contributed by atoms with Crippen molar-refractivity contribution >= 4 is 11.3 Å². The Hall–Kier alpha value is -1.24. The maximum absolute atomic E-state index is 5.96. The molecular formula is C15H19N3O2S. The van der Waals surface area contributed by atoms with Crippen molar-refractivity contribution < 1.29 is 9.26 Å². The summed E-state index contributed by atoms with van der Waals surface area (Å²) in [7, 11) is 0. The molecule has 1 unspecified atom stereocenters. The quantitative estimate of drug-likeness (QED) is 0.872. The van der Waals surface area contributed by atoms with Crippen LogP contribution in [0.15, 0.2) is 21.3 Å². The van der Waals surface area contributed by atoms with Crippen molar-refractivity contribution in [2.24, 2.45) is 0 Å². The van der Waals surface area contributed by atoms with Crippen LogP contribution < -0.4 is 0 Å². The molecule has 4 rings (SSSR count). The second-order valence-corrected chi connectivity index (χ2v) is 6.60. The van der Waals surface area contributed by atoms with Crippen LogP contribution in [0.4, 0.5) is 0 Å². The highest BCUT2D eigenvalue weighted by Crippen LogP contribution is 2.28. The summed E-state index contributed by atoms with van der Waals surface area (Å²) < 4.78 is 11.3. The Morgan fingerprint density at radius 2 is 2.38 bits per heavy atom. The summed E-state index contributed by atoms with van der Waals surface area (Å²) in [5, 5.41) is 8.30. The van der Waals surface area contributed by atoms with E-state index in [1.165, 1.54) is 31.4 Å². The van der Waals surface area contributed by atoms with Gasteiger partial charge in [-0.2, -0.15) is 16.3 Å². The Balaban J connectivity index is 1.43. The Labute approximate surface area is 127 Å². The van der Waals surface area contributed by atoms with Crippen LogP contribution in [0.25, 0.3) is 0 Å². The molecule has 0 aromatic carbocycles. The molecule has 6 heteroatoms. The van der Waals surface area contributed by atoms with Crippen LogP contribution in [0.1, 0.15) is 42.6 Å². The fourth-order valence-electron chi connectivity index (χ4n) is 3.18. The molecule has 0 radical (unpaired) electrons. The molecule has 2 atom stereocenters. The topological polar surface area (TPSA) is 51.4 Å². The number of nitrogens with zero attached hydrogens (tertiary/aromatic N) is 3. The normalized spacial score (nSPS) is 26.7. The van der Waals surface area contributed by atoms with Crippen LogP contribution in [0.5, 0.6) is 0 Å². The van der Waals surface area contributed by atoms with Gasteiger partial charge in [0.2, 0.25) is 11.7 Å². The molecule has 0 N–H and O–H groups in total. The Morgan fingerprint density at radius 1 is 1.38 bits per heavy atom. The van der Waals surface area contributed by atoms with E-state index in [1.807, 2.05) is 0 Å². The van der Waals surface area contributed by atoms with Crippen LogP contribution in [0.3, 0.4) is 0 Å². The summed E-state index contributed by atoms with van der Waals surface area (Å²) in [5.74, 6) is 1.37. The molecule has 2 aromatic heterocycles. The van der Waals surface area contributed by atoms with Crippen molar-refractivity contribution in [2.45, 2.75) is 37.8 Å². The van der Waals surface area contributed by atoms with Gasteiger partial charge in [0.15, 0.2) is 0 Å². The first-order valence-corrected chi connectivity index (χ1v) is 8.52. The van der Waals surface area contributed by atoms with E-state index >= 15 is 0 Å². The summed E-state index contributed by atoms with van der Waals surface area (Å²) in [6.45, 7) is 2.85. The van der Waals surface area contributed by atoms with Gasteiger partial charge in [0.1, 0.15) is 6.10 Å². The largest absolute Gasteiger partial charge is 0.367 e. The van der Waals surface area contributed by atoms with E-state index in [0.717, 1.165) is 13.2 Å². The summed E-state index contributed by atoms with van der Waals surface area (Å²) in [5.41, 5.74) is 1.22. The summed E-state index contributed by atoms with van der Waals surface area (Å²) in [6, 6.07) is 2.68. The maximum atomic E-state index is 5.96. The number of rotatable bonds is 3. The molecule has 2 saturated heterocycles. The number of thiophene rings is 1. The van der Waals surface area contributed by atoms with Crippen molar-refractivity contribution in [1.82, 2.24) is 15.0 Å². The molecule has 0 saturated carbocycles. The van der Waals surface area contributed by atoms with Gasteiger partial charge in [0.25, 0.3) is 0 Å². The van der Waals surface area contributed by atoms with Gasteiger partial charge in [-0.15, -0.1) is 0 Å². The van der Waals surface area contributed by atoms with Gasteiger partial charge in [-0.25, -0.2) is 0 Å². The predicted molar refractivity (Wildman–Crippen MR) is 79.3 cm³/mol. The van der Waals surface area contributed by atoms with Crippen LogP contribution in [0, 0.1) is 0 Å². The number of ether oxygens (including phenoxy) is 1. The van der Waals surface area contributed by atoms with E-state index in [4.69, 9.17) is 9.26 Å². The average Bonchev–Trinajstić information content (AvgIpc) is 3.19. The molecule has 0 bridgehead atoms. The van der Waals surface area contributed by atoms with Gasteiger partial charge in [0, 0.05) is 12.6 Å². The van der Waals surface area contributed by atoms with E-state index in [-0.39, 0.29) is 6.10 Å². The van der Waals surface area contributed by atoms with Gasteiger partial charge in [0.05, 0.1) is 13.0 Å². The number of piperidine rings is 1. The molecule has 2 fully saturated rings. The Kier molecular flexibility index (Phi) is 3.75. The lowest BCUT2D eigenvalue weighted by molar-refractivity contribution is -0.0805. The highest BCUT2D eigenvalue weighted by Gasteiger charge is 2.33. The second-order valence-electron chi connectivity index (χ2n) is 5.82. The van der Waals surface area contributed by atoms with Gasteiger partial charge in [-0.1, -0.05) is 11.6 Å². The number of hydrogen-bond acceptors (Lipinski definition) is 6. The summed E-state index contributed by atoms with van der Waals surface area (Å²) in [4.78, 5) is 7.04. The lowest BCUT2D eigenvalue weighted by Gasteiger charge is -2.41.